The SMILES string of the molecule is CCCc1cc(NS(=O)(=O)c2ccc(I)cc2)n[nH]1. The van der Waals surface area contributed by atoms with E-state index in [-0.39, 0.29) is 4.90 Å². The standard InChI is InChI=1S/C12H14IN3O2S/c1-2-3-10-8-12(15-14-10)16-19(17,18)11-6-4-9(13)5-7-11/h4-8H,2-3H2,1H3,(H2,14,15,16). The predicted octanol–water partition coefficient (Wildman–Crippen LogP) is 2.77. The van der Waals surface area contributed by atoms with Gasteiger partial charge in [0.05, 0.1) is 4.90 Å². The summed E-state index contributed by atoms with van der Waals surface area (Å²) in [7, 11) is -3.57. The molecule has 2 rings (SSSR count). The van der Waals surface area contributed by atoms with Crippen LogP contribution < -0.4 is 4.72 Å². The highest BCUT2D eigenvalue weighted by Gasteiger charge is 2.15. The average molecular weight is 391 g/mol. The summed E-state index contributed by atoms with van der Waals surface area (Å²) in [5.41, 5.74) is 0.919. The minimum absolute atomic E-state index is 0.230. The van der Waals surface area contributed by atoms with Crippen LogP contribution in [0.4, 0.5) is 5.82 Å². The molecule has 0 radical (unpaired) electrons. The Morgan fingerprint density at radius 3 is 2.63 bits per heavy atom. The normalized spacial score (nSPS) is 11.5. The number of nitrogens with zero attached hydrogens (tertiary/aromatic N) is 1. The molecular weight excluding hydrogens is 377 g/mol. The van der Waals surface area contributed by atoms with Gasteiger partial charge in [0.2, 0.25) is 0 Å². The lowest BCUT2D eigenvalue weighted by Gasteiger charge is -2.04. The summed E-state index contributed by atoms with van der Waals surface area (Å²) in [6.07, 6.45) is 1.82. The Balaban J connectivity index is 2.18. The number of anilines is 1. The number of aromatic amines is 1. The van der Waals surface area contributed by atoms with Crippen LogP contribution >= 0.6 is 22.6 Å². The third kappa shape index (κ3) is 3.69. The van der Waals surface area contributed by atoms with Crippen molar-refractivity contribution in [3.8, 4) is 0 Å². The molecule has 0 atom stereocenters. The fourth-order valence-corrected chi connectivity index (χ4v) is 2.97. The highest BCUT2D eigenvalue weighted by Crippen LogP contribution is 2.16. The van der Waals surface area contributed by atoms with Crippen LogP contribution in [0.5, 0.6) is 0 Å². The van der Waals surface area contributed by atoms with Gasteiger partial charge in [0.1, 0.15) is 0 Å². The zero-order chi connectivity index (χ0) is 13.9. The number of aryl methyl sites for hydroxylation is 1. The summed E-state index contributed by atoms with van der Waals surface area (Å²) < 4.78 is 27.7. The Morgan fingerprint density at radius 2 is 2.00 bits per heavy atom. The van der Waals surface area contributed by atoms with Crippen molar-refractivity contribution in [1.82, 2.24) is 10.2 Å². The van der Waals surface area contributed by atoms with Gasteiger partial charge < -0.3 is 0 Å². The van der Waals surface area contributed by atoms with Crippen molar-refractivity contribution in [2.75, 3.05) is 4.72 Å². The second kappa shape index (κ2) is 5.91. The maximum atomic E-state index is 12.1. The summed E-state index contributed by atoms with van der Waals surface area (Å²) in [5.74, 6) is 0.321. The van der Waals surface area contributed by atoms with Crippen molar-refractivity contribution in [2.45, 2.75) is 24.7 Å². The molecule has 0 amide bonds. The van der Waals surface area contributed by atoms with Crippen molar-refractivity contribution < 1.29 is 8.42 Å². The van der Waals surface area contributed by atoms with E-state index in [1.165, 1.54) is 0 Å². The van der Waals surface area contributed by atoms with E-state index in [2.05, 4.69) is 44.4 Å². The zero-order valence-electron chi connectivity index (χ0n) is 10.4. The van der Waals surface area contributed by atoms with Crippen LogP contribution in [0.25, 0.3) is 0 Å². The molecule has 19 heavy (non-hydrogen) atoms. The first-order valence-electron chi connectivity index (χ1n) is 5.84. The molecule has 0 aliphatic heterocycles. The molecule has 5 nitrogen and oxygen atoms in total. The lowest BCUT2D eigenvalue weighted by molar-refractivity contribution is 0.601. The van der Waals surface area contributed by atoms with Crippen LogP contribution in [0.3, 0.4) is 0 Å². The quantitative estimate of drug-likeness (QED) is 0.770. The molecule has 0 aliphatic rings. The van der Waals surface area contributed by atoms with Crippen LogP contribution in [0.2, 0.25) is 0 Å². The monoisotopic (exact) mass is 391 g/mol. The van der Waals surface area contributed by atoms with Crippen molar-refractivity contribution in [3.63, 3.8) is 0 Å². The van der Waals surface area contributed by atoms with Gasteiger partial charge in [-0.1, -0.05) is 13.3 Å². The number of nitrogens with one attached hydrogen (secondary N) is 2. The van der Waals surface area contributed by atoms with Crippen LogP contribution in [0, 0.1) is 3.57 Å². The van der Waals surface area contributed by atoms with E-state index < -0.39 is 10.0 Å². The van der Waals surface area contributed by atoms with Gasteiger partial charge in [0.15, 0.2) is 5.82 Å². The van der Waals surface area contributed by atoms with Gasteiger partial charge in [-0.3, -0.25) is 9.82 Å². The van der Waals surface area contributed by atoms with Gasteiger partial charge in [0, 0.05) is 15.3 Å². The zero-order valence-corrected chi connectivity index (χ0v) is 13.3. The van der Waals surface area contributed by atoms with Gasteiger partial charge in [-0.25, -0.2) is 8.42 Å². The molecular formula is C12H14IN3O2S. The fourth-order valence-electron chi connectivity index (χ4n) is 1.62. The molecule has 0 saturated carbocycles. The molecule has 0 unspecified atom stereocenters. The van der Waals surface area contributed by atoms with E-state index >= 15 is 0 Å². The van der Waals surface area contributed by atoms with Crippen LogP contribution in [0.15, 0.2) is 35.2 Å². The molecule has 0 bridgehead atoms. The molecule has 1 heterocycles. The average Bonchev–Trinajstić information content (AvgIpc) is 2.77. The summed E-state index contributed by atoms with van der Waals surface area (Å²) in [6, 6.07) is 8.37. The lowest BCUT2D eigenvalue weighted by atomic mass is 10.2. The van der Waals surface area contributed by atoms with E-state index in [0.717, 1.165) is 22.1 Å². The van der Waals surface area contributed by atoms with Crippen LogP contribution in [0.1, 0.15) is 19.0 Å². The first kappa shape index (κ1) is 14.3. The van der Waals surface area contributed by atoms with E-state index in [1.54, 1.807) is 30.3 Å². The molecule has 102 valence electrons. The summed E-state index contributed by atoms with van der Waals surface area (Å²) in [4.78, 5) is 0.230. The number of hydrogen-bond acceptors (Lipinski definition) is 3. The van der Waals surface area contributed by atoms with Gasteiger partial charge in [0.25, 0.3) is 10.0 Å². The van der Waals surface area contributed by atoms with Crippen LogP contribution in [-0.4, -0.2) is 18.6 Å². The minimum Gasteiger partial charge on any atom is -0.280 e. The fraction of sp³-hybridized carbons (Fsp3) is 0.250. The van der Waals surface area contributed by atoms with Crippen LogP contribution in [-0.2, 0) is 16.4 Å². The Hall–Kier alpha value is -1.09. The van der Waals surface area contributed by atoms with Gasteiger partial charge in [-0.15, -0.1) is 0 Å². The molecule has 1 aromatic heterocycles. The minimum atomic E-state index is -3.57. The van der Waals surface area contributed by atoms with E-state index in [0.29, 0.717) is 5.82 Å². The van der Waals surface area contributed by atoms with Crippen molar-refractivity contribution in [3.05, 3.63) is 39.6 Å². The summed E-state index contributed by atoms with van der Waals surface area (Å²) >= 11 is 2.13. The Kier molecular flexibility index (Phi) is 4.46. The third-order valence-electron chi connectivity index (χ3n) is 2.51. The van der Waals surface area contributed by atoms with E-state index in [4.69, 9.17) is 0 Å². The predicted molar refractivity (Wildman–Crippen MR) is 82.6 cm³/mol. The first-order valence-corrected chi connectivity index (χ1v) is 8.40. The van der Waals surface area contributed by atoms with Gasteiger partial charge in [-0.05, 0) is 53.3 Å². The number of aromatic nitrogens is 2. The molecule has 1 aromatic carbocycles. The maximum Gasteiger partial charge on any atom is 0.263 e. The van der Waals surface area contributed by atoms with Gasteiger partial charge in [-0.2, -0.15) is 5.10 Å². The number of hydrogen-bond donors (Lipinski definition) is 2. The number of rotatable bonds is 5. The Labute approximate surface area is 126 Å². The van der Waals surface area contributed by atoms with E-state index in [9.17, 15) is 8.42 Å². The van der Waals surface area contributed by atoms with E-state index in [1.807, 2.05) is 0 Å². The number of H-pyrrole nitrogens is 1. The Morgan fingerprint density at radius 1 is 1.32 bits per heavy atom. The number of halogens is 1. The lowest BCUT2D eigenvalue weighted by Crippen LogP contribution is -2.13. The summed E-state index contributed by atoms with van der Waals surface area (Å²) in [5, 5.41) is 6.76. The molecule has 7 heteroatoms. The van der Waals surface area contributed by atoms with Crippen molar-refractivity contribution in [2.24, 2.45) is 0 Å². The molecule has 0 aliphatic carbocycles. The Bertz CT molecular complexity index is 650. The smallest absolute Gasteiger partial charge is 0.263 e. The van der Waals surface area contributed by atoms with Crippen molar-refractivity contribution >= 4 is 38.4 Å². The largest absolute Gasteiger partial charge is 0.280 e. The second-order valence-corrected chi connectivity index (χ2v) is 7.02. The highest BCUT2D eigenvalue weighted by molar-refractivity contribution is 14.1. The third-order valence-corrected chi connectivity index (χ3v) is 4.60. The molecule has 2 aromatic rings. The molecule has 0 fully saturated rings. The topological polar surface area (TPSA) is 74.8 Å². The van der Waals surface area contributed by atoms with Crippen molar-refractivity contribution in [1.29, 1.82) is 0 Å². The van der Waals surface area contributed by atoms with Gasteiger partial charge >= 0.3 is 0 Å². The first-order chi connectivity index (χ1) is 9.01. The number of benzene rings is 1. The second-order valence-electron chi connectivity index (χ2n) is 4.09. The molecule has 0 saturated heterocycles. The molecule has 2 N–H and O–H groups in total. The summed E-state index contributed by atoms with van der Waals surface area (Å²) in [6.45, 7) is 2.05. The highest BCUT2D eigenvalue weighted by atomic mass is 127. The molecule has 0 spiro atoms. The maximum absolute atomic E-state index is 12.1. The number of sulfonamides is 1.